The van der Waals surface area contributed by atoms with E-state index < -0.39 is 0 Å². The summed E-state index contributed by atoms with van der Waals surface area (Å²) in [7, 11) is 21.6. The number of piperidine rings is 1. The third kappa shape index (κ3) is 21.2. The van der Waals surface area contributed by atoms with Crippen LogP contribution in [0, 0.1) is 56.7 Å². The molecule has 40 nitrogen and oxygen atoms in total. The maximum atomic E-state index is 9.73. The maximum Gasteiger partial charge on any atom is 0.183 e. The van der Waals surface area contributed by atoms with Crippen LogP contribution >= 0.6 is 0 Å². The van der Waals surface area contributed by atoms with Gasteiger partial charge in [-0.15, -0.1) is 0 Å². The van der Waals surface area contributed by atoms with Crippen LogP contribution in [0.5, 0.6) is 11.5 Å². The van der Waals surface area contributed by atoms with Crippen molar-refractivity contribution in [2.75, 3.05) is 143 Å². The molecule has 143 heavy (non-hydrogen) atoms. The van der Waals surface area contributed by atoms with E-state index in [1.54, 1.807) is 66.8 Å². The summed E-state index contributed by atoms with van der Waals surface area (Å²) in [5, 5.41) is 89.1. The third-order valence-corrected chi connectivity index (χ3v) is 25.5. The second kappa shape index (κ2) is 43.0. The molecular formula is C103H110N38O2. The number of nitrogens with one attached hydrogen (secondary N) is 8. The maximum absolute atomic E-state index is 9.73. The van der Waals surface area contributed by atoms with Gasteiger partial charge in [0.05, 0.1) is 131 Å². The number of rotatable bonds is 27. The fourth-order valence-corrected chi connectivity index (χ4v) is 18.3. The van der Waals surface area contributed by atoms with Gasteiger partial charge < -0.3 is 74.8 Å². The molecule has 20 aromatic rings. The van der Waals surface area contributed by atoms with Crippen molar-refractivity contribution in [1.29, 1.82) is 26.3 Å². The number of fused-ring (bicyclic) bond motifs is 15. The number of hydrogen-bond acceptors (Lipinski definition) is 30. The first-order valence-corrected chi connectivity index (χ1v) is 47.4. The van der Waals surface area contributed by atoms with Crippen molar-refractivity contribution in [3.8, 4) is 97.5 Å². The molecule has 22 heterocycles. The molecule has 2 saturated heterocycles. The number of aromatic nitrogens is 25. The van der Waals surface area contributed by atoms with Crippen LogP contribution in [0.15, 0.2) is 154 Å². The largest absolute Gasteiger partial charge is 0.490 e. The molecule has 40 heteroatoms. The Morgan fingerprint density at radius 2 is 0.636 bits per heavy atom. The number of anilines is 3. The van der Waals surface area contributed by atoms with Crippen LogP contribution < -0.4 is 25.4 Å². The standard InChI is InChI=1S/C22H24N8.C21H22N8.C20H22N8.2C20H21N7O/c1-3-30-6-4-16(5-7-30)27-21-18(9-23)24-12-19-20(21)17-8-14(10-25-22(17)28-19)15-11-26-29(2)13-15;1-28-13-15(11-26-28)14-8-16-19-18(27-21(16)25-10-14)12-24-17(9-22)20(19)23-4-7-29-5-2-3-6-29;1-27(2)6-4-5-22-19-16(8-21)23-11-17-18(19)15-7-13(9-24-20(15)26-17)14-10-25-28(3)12-14;2*1-26(2)5-4-6-28-19-16(8-21)22-11-17-18(19)15-7-13(9-23-20(15)25-17)14-10-24-27(3)12-14/h8,10-13,16,27H,3-7H2,1-2H3,(H,25,28);8,10-13,23H,2-7H2,1H3,(H,25,27);7,9-12,22H,4-6H2,1-3H3,(H,24,26);2*7,9-12H,4-6H2,1-3H3,(H,23,25). The molecule has 0 aliphatic carbocycles. The zero-order valence-electron chi connectivity index (χ0n) is 81.9. The molecule has 20 aromatic heterocycles. The molecule has 2 aliphatic rings. The minimum Gasteiger partial charge on any atom is -0.490 e. The Hall–Kier alpha value is -17.2. The summed E-state index contributed by atoms with van der Waals surface area (Å²) >= 11 is 0. The van der Waals surface area contributed by atoms with Gasteiger partial charge in [-0.1, -0.05) is 6.92 Å². The highest BCUT2D eigenvalue weighted by molar-refractivity contribution is 6.17. The number of aromatic amines is 5. The van der Waals surface area contributed by atoms with E-state index in [1.807, 2.05) is 170 Å². The Bertz CT molecular complexity index is 7800. The highest BCUT2D eigenvalue weighted by Crippen LogP contribution is 2.42. The Labute approximate surface area is 823 Å². The van der Waals surface area contributed by atoms with Gasteiger partial charge in [0.25, 0.3) is 0 Å². The van der Waals surface area contributed by atoms with E-state index in [1.165, 1.54) is 12.8 Å². The molecule has 0 radical (unpaired) electrons. The summed E-state index contributed by atoms with van der Waals surface area (Å²) in [6.07, 6.45) is 43.8. The van der Waals surface area contributed by atoms with Gasteiger partial charge in [-0.2, -0.15) is 51.8 Å². The molecule has 0 aromatic carbocycles. The van der Waals surface area contributed by atoms with Crippen LogP contribution in [0.3, 0.4) is 0 Å². The first-order chi connectivity index (χ1) is 69.6. The zero-order chi connectivity index (χ0) is 99.5. The number of H-pyrrole nitrogens is 5. The van der Waals surface area contributed by atoms with E-state index >= 15 is 0 Å². The average Bonchev–Trinajstić information content (AvgIpc) is 1.63. The van der Waals surface area contributed by atoms with Crippen molar-refractivity contribution >= 4 is 127 Å². The number of ether oxygens (including phenoxy) is 2. The average molecular weight is 1910 g/mol. The number of aryl methyl sites for hydroxylation is 5. The molecule has 2 aliphatic heterocycles. The molecule has 22 rings (SSSR count). The topological polar surface area (TPSA) is 487 Å². The van der Waals surface area contributed by atoms with E-state index in [4.69, 9.17) is 9.47 Å². The summed E-state index contributed by atoms with van der Waals surface area (Å²) in [5.74, 6) is 1.02. The number of nitrogens with zero attached hydrogens (tertiary/aromatic N) is 30. The van der Waals surface area contributed by atoms with Gasteiger partial charge >= 0.3 is 0 Å². The molecule has 8 N–H and O–H groups in total. The van der Waals surface area contributed by atoms with Gasteiger partial charge in [-0.3, -0.25) is 23.4 Å². The SMILES string of the molecule is CCN1CCC(Nc2c(C#N)ncc3[nH]c4ncc(-c5cnn(C)c5)cc4c23)CC1.CN(C)CCCNc1c(C#N)ncc2[nH]c3ncc(-c4cnn(C)c4)cc3c12.CN(C)CCCOc1c(C#N)ncc2[nH]c3ncc(-c4cnn(C)c4)cc3c12.CN(C)CCCOc1c(C#N)ncc2[nH]c3ncc(-c4cnn(C)c4)cc3c12.Cn1cc(-c2cnc3[nH]c4cnc(C#N)c(NCCN5CCCC5)c4c3c2)cn1. The van der Waals surface area contributed by atoms with Crippen molar-refractivity contribution < 1.29 is 9.47 Å². The third-order valence-electron chi connectivity index (χ3n) is 25.5. The summed E-state index contributed by atoms with van der Waals surface area (Å²) in [5.41, 5.74) is 22.0. The summed E-state index contributed by atoms with van der Waals surface area (Å²) < 4.78 is 20.9. The molecule has 0 unspecified atom stereocenters. The molecule has 0 bridgehead atoms. The number of hydrogen-bond donors (Lipinski definition) is 8. The van der Waals surface area contributed by atoms with Gasteiger partial charge in [0.2, 0.25) is 0 Å². The molecule has 0 spiro atoms. The lowest BCUT2D eigenvalue weighted by atomic mass is 10.0. The molecule has 0 amide bonds. The second-order valence-corrected chi connectivity index (χ2v) is 36.5. The molecule has 724 valence electrons. The van der Waals surface area contributed by atoms with Crippen molar-refractivity contribution in [3.63, 3.8) is 0 Å². The van der Waals surface area contributed by atoms with Crippen LogP contribution in [0.2, 0.25) is 0 Å². The fraction of sp³-hybridized carbons (Fsp3) is 0.320. The van der Waals surface area contributed by atoms with Gasteiger partial charge in [0, 0.05) is 248 Å². The van der Waals surface area contributed by atoms with Crippen LogP contribution in [0.1, 0.15) is 80.3 Å². The van der Waals surface area contributed by atoms with Crippen LogP contribution in [0.25, 0.3) is 165 Å². The van der Waals surface area contributed by atoms with E-state index in [0.717, 1.165) is 286 Å². The zero-order valence-corrected chi connectivity index (χ0v) is 81.9. The van der Waals surface area contributed by atoms with Crippen LogP contribution in [-0.2, 0) is 35.2 Å². The minimum absolute atomic E-state index is 0.282. The predicted octanol–water partition coefficient (Wildman–Crippen LogP) is 14.3. The first kappa shape index (κ1) is 96.1. The second-order valence-electron chi connectivity index (χ2n) is 36.5. The minimum atomic E-state index is 0.282. The summed E-state index contributed by atoms with van der Waals surface area (Å²) in [4.78, 5) is 72.3. The Morgan fingerprint density at radius 3 is 0.944 bits per heavy atom. The number of pyridine rings is 10. The van der Waals surface area contributed by atoms with Crippen molar-refractivity contribution in [3.05, 3.63) is 183 Å². The summed E-state index contributed by atoms with van der Waals surface area (Å²) in [6, 6.07) is 21.7. The van der Waals surface area contributed by atoms with E-state index in [0.29, 0.717) is 47.8 Å². The Kier molecular flexibility index (Phi) is 28.9. The van der Waals surface area contributed by atoms with E-state index in [9.17, 15) is 26.3 Å². The van der Waals surface area contributed by atoms with Crippen LogP contribution in [-0.4, -0.2) is 282 Å². The molecule has 2 fully saturated rings. The molecule has 0 saturated carbocycles. The van der Waals surface area contributed by atoms with Gasteiger partial charge in [-0.25, -0.2) is 49.8 Å². The number of likely N-dealkylation sites (tertiary alicyclic amines) is 2. The fourth-order valence-electron chi connectivity index (χ4n) is 18.3. The highest BCUT2D eigenvalue weighted by atomic mass is 16.5. The van der Waals surface area contributed by atoms with Crippen molar-refractivity contribution in [2.24, 2.45) is 35.2 Å². The van der Waals surface area contributed by atoms with Gasteiger partial charge in [0.1, 0.15) is 58.6 Å². The first-order valence-electron chi connectivity index (χ1n) is 47.4. The van der Waals surface area contributed by atoms with Gasteiger partial charge in [0.15, 0.2) is 40.0 Å². The lowest BCUT2D eigenvalue weighted by molar-refractivity contribution is 0.229. The highest BCUT2D eigenvalue weighted by Gasteiger charge is 2.27. The van der Waals surface area contributed by atoms with Crippen molar-refractivity contribution in [1.82, 2.24) is 148 Å². The smallest absolute Gasteiger partial charge is 0.183 e. The Morgan fingerprint density at radius 1 is 0.343 bits per heavy atom. The van der Waals surface area contributed by atoms with Crippen LogP contribution in [0.4, 0.5) is 17.1 Å². The molecule has 0 atom stereocenters. The number of nitriles is 5. The lowest BCUT2D eigenvalue weighted by Crippen LogP contribution is -2.39. The van der Waals surface area contributed by atoms with Gasteiger partial charge in [-0.05, 0) is 144 Å². The van der Waals surface area contributed by atoms with Crippen molar-refractivity contribution in [2.45, 2.75) is 57.9 Å². The normalized spacial score (nSPS) is 12.9. The molecular weight excluding hydrogens is 1800 g/mol. The summed E-state index contributed by atoms with van der Waals surface area (Å²) in [6.45, 7) is 14.0. The van der Waals surface area contributed by atoms with E-state index in [2.05, 4.69) is 196 Å². The predicted molar refractivity (Wildman–Crippen MR) is 553 cm³/mol. The lowest BCUT2D eigenvalue weighted by Gasteiger charge is -2.32. The quantitative estimate of drug-likeness (QED) is 0.0222. The Balaban J connectivity index is 0.000000118. The monoisotopic (exact) mass is 1910 g/mol. The van der Waals surface area contributed by atoms with E-state index in [-0.39, 0.29) is 11.4 Å².